The fourth-order valence-electron chi connectivity index (χ4n) is 3.32. The molecule has 10 heteroatoms. The Morgan fingerprint density at radius 1 is 1.35 bits per heavy atom. The number of carbonyl (C=O) groups is 2. The van der Waals surface area contributed by atoms with Crippen molar-refractivity contribution in [2.75, 3.05) is 13.1 Å². The minimum Gasteiger partial charge on any atom is -0.481 e. The highest BCUT2D eigenvalue weighted by Gasteiger charge is 2.53. The Kier molecular flexibility index (Phi) is 5.52. The second kappa shape index (κ2) is 7.16. The molecule has 0 bridgehead atoms. The van der Waals surface area contributed by atoms with E-state index in [1.54, 1.807) is 11.6 Å². The van der Waals surface area contributed by atoms with Gasteiger partial charge in [-0.25, -0.2) is 4.79 Å². The number of aliphatic carboxylic acids is 1. The third-order valence-electron chi connectivity index (χ3n) is 4.88. The lowest BCUT2D eigenvalue weighted by Gasteiger charge is -2.21. The maximum Gasteiger partial charge on any atom is 0.394 e. The van der Waals surface area contributed by atoms with Crippen LogP contribution in [-0.4, -0.2) is 57.1 Å². The van der Waals surface area contributed by atoms with E-state index in [4.69, 9.17) is 5.11 Å². The molecule has 0 aromatic carbocycles. The minimum absolute atomic E-state index is 0.336. The molecule has 7 nitrogen and oxygen atoms in total. The van der Waals surface area contributed by atoms with E-state index in [0.717, 1.165) is 21.9 Å². The molecular weight excluding hydrogens is 353 g/mol. The first-order chi connectivity index (χ1) is 11.9. The van der Waals surface area contributed by atoms with E-state index in [1.807, 2.05) is 20.9 Å². The number of aryl methyl sites for hydroxylation is 2. The summed E-state index contributed by atoms with van der Waals surface area (Å²) >= 11 is 0. The standard InChI is InChI=1S/C16H23F3N4O3/c1-8(5-11-9(2)21-22(4)10(11)3)20-15(26)23-6-12(14(24)25)13(7-23)16(17,18)19/h8,12-13H,5-7H2,1-4H3,(H,20,26)(H,24,25)/t8?,12-,13-/m1/s1. The molecular formula is C16H23F3N4O3. The van der Waals surface area contributed by atoms with Crippen molar-refractivity contribution in [3.05, 3.63) is 17.0 Å². The Morgan fingerprint density at radius 2 is 1.96 bits per heavy atom. The van der Waals surface area contributed by atoms with Gasteiger partial charge in [-0.3, -0.25) is 9.48 Å². The summed E-state index contributed by atoms with van der Waals surface area (Å²) in [5.41, 5.74) is 2.75. The molecule has 1 aromatic heterocycles. The molecule has 3 atom stereocenters. The smallest absolute Gasteiger partial charge is 0.394 e. The van der Waals surface area contributed by atoms with Gasteiger partial charge >= 0.3 is 18.2 Å². The number of alkyl halides is 3. The lowest BCUT2D eigenvalue weighted by Crippen LogP contribution is -2.44. The normalized spacial score (nSPS) is 21.7. The van der Waals surface area contributed by atoms with Crippen LogP contribution in [0.1, 0.15) is 23.9 Å². The maximum atomic E-state index is 13.0. The van der Waals surface area contributed by atoms with Crippen LogP contribution in [0.4, 0.5) is 18.0 Å². The zero-order chi connectivity index (χ0) is 19.8. The Morgan fingerprint density at radius 3 is 2.38 bits per heavy atom. The highest BCUT2D eigenvalue weighted by molar-refractivity contribution is 5.78. The first-order valence-corrected chi connectivity index (χ1v) is 8.25. The summed E-state index contributed by atoms with van der Waals surface area (Å²) in [6.07, 6.45) is -4.18. The monoisotopic (exact) mass is 376 g/mol. The molecule has 146 valence electrons. The van der Waals surface area contributed by atoms with Crippen LogP contribution in [0.15, 0.2) is 0 Å². The number of carboxylic acids is 1. The molecule has 2 rings (SSSR count). The van der Waals surface area contributed by atoms with Crippen molar-refractivity contribution in [3.63, 3.8) is 0 Å². The molecule has 0 saturated carbocycles. The predicted molar refractivity (Wildman–Crippen MR) is 86.6 cm³/mol. The molecule has 0 spiro atoms. The average molecular weight is 376 g/mol. The Labute approximate surface area is 149 Å². The van der Waals surface area contributed by atoms with E-state index in [0.29, 0.717) is 6.42 Å². The number of nitrogens with one attached hydrogen (secondary N) is 1. The van der Waals surface area contributed by atoms with Gasteiger partial charge in [0, 0.05) is 31.9 Å². The van der Waals surface area contributed by atoms with Gasteiger partial charge in [0.2, 0.25) is 0 Å². The predicted octanol–water partition coefficient (Wildman–Crippen LogP) is 1.87. The number of carbonyl (C=O) groups excluding carboxylic acids is 1. The Hall–Kier alpha value is -2.26. The van der Waals surface area contributed by atoms with Crippen molar-refractivity contribution in [1.82, 2.24) is 20.0 Å². The third-order valence-corrected chi connectivity index (χ3v) is 4.88. The van der Waals surface area contributed by atoms with Crippen LogP contribution in [-0.2, 0) is 18.3 Å². The maximum absolute atomic E-state index is 13.0. The van der Waals surface area contributed by atoms with Crippen LogP contribution in [0.2, 0.25) is 0 Å². The highest BCUT2D eigenvalue weighted by Crippen LogP contribution is 2.37. The van der Waals surface area contributed by atoms with Crippen LogP contribution in [0, 0.1) is 25.7 Å². The molecule has 1 aliphatic rings. The average Bonchev–Trinajstić information content (AvgIpc) is 3.05. The molecule has 2 N–H and O–H groups in total. The lowest BCUT2D eigenvalue weighted by atomic mass is 9.96. The second-order valence-corrected chi connectivity index (χ2v) is 6.83. The first-order valence-electron chi connectivity index (χ1n) is 8.25. The number of urea groups is 1. The van der Waals surface area contributed by atoms with Gasteiger partial charge < -0.3 is 15.3 Å². The Bertz CT molecular complexity index is 702. The lowest BCUT2D eigenvalue weighted by molar-refractivity contribution is -0.187. The van der Waals surface area contributed by atoms with Crippen molar-refractivity contribution in [2.24, 2.45) is 18.9 Å². The van der Waals surface area contributed by atoms with Crippen LogP contribution < -0.4 is 5.32 Å². The first kappa shape index (κ1) is 20.1. The fourth-order valence-corrected chi connectivity index (χ4v) is 3.32. The van der Waals surface area contributed by atoms with Gasteiger partial charge in [-0.15, -0.1) is 0 Å². The van der Waals surface area contributed by atoms with Crippen molar-refractivity contribution in [3.8, 4) is 0 Å². The largest absolute Gasteiger partial charge is 0.481 e. The number of carboxylic acid groups (broad SMARTS) is 1. The van der Waals surface area contributed by atoms with Crippen molar-refractivity contribution in [1.29, 1.82) is 0 Å². The summed E-state index contributed by atoms with van der Waals surface area (Å²) in [5.74, 6) is -5.24. The van der Waals surface area contributed by atoms with E-state index in [1.165, 1.54) is 0 Å². The summed E-state index contributed by atoms with van der Waals surface area (Å²) in [6.45, 7) is 4.39. The van der Waals surface area contributed by atoms with Crippen molar-refractivity contribution < 1.29 is 27.9 Å². The summed E-state index contributed by atoms with van der Waals surface area (Å²) in [5, 5.41) is 16.0. The third kappa shape index (κ3) is 4.10. The number of nitrogens with zero attached hydrogens (tertiary/aromatic N) is 3. The zero-order valence-corrected chi connectivity index (χ0v) is 15.1. The number of aromatic nitrogens is 2. The van der Waals surface area contributed by atoms with Gasteiger partial charge in [0.25, 0.3) is 0 Å². The Balaban J connectivity index is 2.02. The highest BCUT2D eigenvalue weighted by atomic mass is 19.4. The van der Waals surface area contributed by atoms with E-state index >= 15 is 0 Å². The van der Waals surface area contributed by atoms with Crippen LogP contribution in [0.5, 0.6) is 0 Å². The molecule has 1 unspecified atom stereocenters. The second-order valence-electron chi connectivity index (χ2n) is 6.83. The number of hydrogen-bond donors (Lipinski definition) is 2. The molecule has 1 aliphatic heterocycles. The molecule has 1 fully saturated rings. The summed E-state index contributed by atoms with van der Waals surface area (Å²) < 4.78 is 40.8. The van der Waals surface area contributed by atoms with E-state index in [-0.39, 0.29) is 6.04 Å². The summed E-state index contributed by atoms with van der Waals surface area (Å²) in [7, 11) is 1.81. The summed E-state index contributed by atoms with van der Waals surface area (Å²) in [6, 6.07) is -1.02. The minimum atomic E-state index is -4.66. The molecule has 2 heterocycles. The summed E-state index contributed by atoms with van der Waals surface area (Å²) in [4.78, 5) is 24.3. The molecule has 1 aromatic rings. The number of amides is 2. The van der Waals surface area contributed by atoms with E-state index in [2.05, 4.69) is 10.4 Å². The molecule has 0 aliphatic carbocycles. The van der Waals surface area contributed by atoms with Crippen LogP contribution in [0.3, 0.4) is 0 Å². The van der Waals surface area contributed by atoms with Crippen LogP contribution in [0.25, 0.3) is 0 Å². The molecule has 2 amide bonds. The molecule has 26 heavy (non-hydrogen) atoms. The van der Waals surface area contributed by atoms with Gasteiger partial charge in [-0.2, -0.15) is 18.3 Å². The number of rotatable bonds is 4. The van der Waals surface area contributed by atoms with Crippen molar-refractivity contribution >= 4 is 12.0 Å². The van der Waals surface area contributed by atoms with E-state index in [9.17, 15) is 22.8 Å². The van der Waals surface area contributed by atoms with Gasteiger partial charge in [0.15, 0.2) is 0 Å². The number of likely N-dealkylation sites (tertiary alicyclic amines) is 1. The van der Waals surface area contributed by atoms with Crippen molar-refractivity contribution in [2.45, 2.75) is 39.4 Å². The van der Waals surface area contributed by atoms with Gasteiger partial charge in [0.05, 0.1) is 17.5 Å². The van der Waals surface area contributed by atoms with Gasteiger partial charge in [-0.1, -0.05) is 0 Å². The quantitative estimate of drug-likeness (QED) is 0.840. The van der Waals surface area contributed by atoms with Gasteiger partial charge in [-0.05, 0) is 32.8 Å². The zero-order valence-electron chi connectivity index (χ0n) is 15.1. The topological polar surface area (TPSA) is 87.5 Å². The SMILES string of the molecule is Cc1nn(C)c(C)c1CC(C)NC(=O)N1C[C@@H](C(F)(F)F)[C@H](C(=O)O)C1. The number of hydrogen-bond acceptors (Lipinski definition) is 3. The van der Waals surface area contributed by atoms with E-state index < -0.39 is 43.1 Å². The molecule has 0 radical (unpaired) electrons. The molecule has 1 saturated heterocycles. The fraction of sp³-hybridized carbons (Fsp3) is 0.688. The van der Waals surface area contributed by atoms with Gasteiger partial charge in [0.1, 0.15) is 0 Å². The number of halogens is 3. The van der Waals surface area contributed by atoms with Crippen LogP contribution >= 0.6 is 0 Å².